The average Bonchev–Trinajstić information content (AvgIpc) is 3.14. The summed E-state index contributed by atoms with van der Waals surface area (Å²) < 4.78 is 44.2. The van der Waals surface area contributed by atoms with Gasteiger partial charge in [0.1, 0.15) is 41.1 Å². The number of likely N-dealkylation sites (tertiary alicyclic amines) is 1. The molecule has 38 heavy (non-hydrogen) atoms. The first-order chi connectivity index (χ1) is 17.5. The molecule has 0 radical (unpaired) electrons. The number of hydrogen-bond acceptors (Lipinski definition) is 7. The number of hydrogen-bond donors (Lipinski definition) is 1. The fourth-order valence-electron chi connectivity index (χ4n) is 3.97. The molecule has 0 unspecified atom stereocenters. The van der Waals surface area contributed by atoms with E-state index >= 15 is 0 Å². The molecule has 0 aromatic heterocycles. The van der Waals surface area contributed by atoms with E-state index < -0.39 is 59.1 Å². The van der Waals surface area contributed by atoms with Gasteiger partial charge in [-0.15, -0.1) is 0 Å². The minimum Gasteiger partial charge on any atom is -0.459 e. The highest BCUT2D eigenvalue weighted by atomic mass is 19.1. The van der Waals surface area contributed by atoms with E-state index in [2.05, 4.69) is 0 Å². The van der Waals surface area contributed by atoms with E-state index in [1.807, 2.05) is 0 Å². The van der Waals surface area contributed by atoms with Crippen molar-refractivity contribution in [2.75, 3.05) is 13.2 Å². The van der Waals surface area contributed by atoms with E-state index in [1.165, 1.54) is 30.3 Å². The van der Waals surface area contributed by atoms with E-state index in [4.69, 9.17) is 14.2 Å². The molecule has 2 atom stereocenters. The predicted molar refractivity (Wildman–Crippen MR) is 134 cm³/mol. The van der Waals surface area contributed by atoms with Crippen LogP contribution < -0.4 is 0 Å². The minimum absolute atomic E-state index is 0.282. The summed E-state index contributed by atoms with van der Waals surface area (Å²) in [6, 6.07) is 8.13. The molecule has 0 saturated carbocycles. The Morgan fingerprint density at radius 2 is 1.61 bits per heavy atom. The molecule has 1 aliphatic rings. The molecule has 1 aliphatic heterocycles. The lowest BCUT2D eigenvalue weighted by Crippen LogP contribution is -2.46. The number of halogens is 2. The third kappa shape index (κ3) is 7.50. The van der Waals surface area contributed by atoms with Gasteiger partial charge in [-0.25, -0.2) is 23.2 Å². The van der Waals surface area contributed by atoms with Crippen molar-refractivity contribution in [3.8, 4) is 11.1 Å². The zero-order valence-corrected chi connectivity index (χ0v) is 22.3. The quantitative estimate of drug-likeness (QED) is 0.432. The first kappa shape index (κ1) is 29.0. The highest BCUT2D eigenvalue weighted by Crippen LogP contribution is 2.32. The van der Waals surface area contributed by atoms with E-state index in [0.717, 1.165) is 11.0 Å². The first-order valence-corrected chi connectivity index (χ1v) is 12.1. The molecule has 8 nitrogen and oxygen atoms in total. The third-order valence-corrected chi connectivity index (χ3v) is 5.54. The molecule has 2 aromatic carbocycles. The van der Waals surface area contributed by atoms with E-state index in [1.54, 1.807) is 47.6 Å². The van der Waals surface area contributed by atoms with Crippen LogP contribution in [0.5, 0.6) is 0 Å². The van der Waals surface area contributed by atoms with Crippen LogP contribution in [0.2, 0.25) is 0 Å². The Labute approximate surface area is 220 Å². The topological polar surface area (TPSA) is 102 Å². The van der Waals surface area contributed by atoms with Gasteiger partial charge in [0.2, 0.25) is 0 Å². The largest absolute Gasteiger partial charge is 0.459 e. The van der Waals surface area contributed by atoms with Crippen LogP contribution in [-0.2, 0) is 19.0 Å². The molecule has 0 bridgehead atoms. The number of nitrogens with zero attached hydrogens (tertiary/aromatic N) is 1. The van der Waals surface area contributed by atoms with Gasteiger partial charge in [0.15, 0.2) is 0 Å². The Hall–Kier alpha value is -3.53. The van der Waals surface area contributed by atoms with Crippen molar-refractivity contribution in [2.45, 2.75) is 70.8 Å². The number of amides is 1. The van der Waals surface area contributed by atoms with Crippen LogP contribution in [0.3, 0.4) is 0 Å². The number of benzene rings is 2. The van der Waals surface area contributed by atoms with Crippen LogP contribution in [0.4, 0.5) is 13.6 Å². The summed E-state index contributed by atoms with van der Waals surface area (Å²) in [7, 11) is 0. The van der Waals surface area contributed by atoms with E-state index in [-0.39, 0.29) is 18.5 Å². The fraction of sp³-hybridized carbons (Fsp3) is 0.464. The SMILES string of the molecule is CC(C)(C)OC(=O)[C@@H]1C[C@@](O)(COC(=O)c2ccc(-c3cccc(F)c3)cc2F)CN1C(=O)OC(C)(C)C. The van der Waals surface area contributed by atoms with Gasteiger partial charge in [-0.2, -0.15) is 0 Å². The van der Waals surface area contributed by atoms with Gasteiger partial charge in [-0.3, -0.25) is 4.90 Å². The maximum absolute atomic E-state index is 14.7. The van der Waals surface area contributed by atoms with Gasteiger partial charge in [-0.1, -0.05) is 18.2 Å². The van der Waals surface area contributed by atoms with Crippen molar-refractivity contribution in [3.63, 3.8) is 0 Å². The summed E-state index contributed by atoms with van der Waals surface area (Å²) in [6.07, 6.45) is -1.12. The number of esters is 2. The molecule has 1 heterocycles. The second kappa shape index (κ2) is 10.7. The Morgan fingerprint density at radius 1 is 0.974 bits per heavy atom. The molecule has 206 valence electrons. The van der Waals surface area contributed by atoms with Crippen molar-refractivity contribution in [3.05, 3.63) is 59.7 Å². The lowest BCUT2D eigenvalue weighted by molar-refractivity contribution is -0.160. The Kier molecular flexibility index (Phi) is 8.16. The molecule has 0 spiro atoms. The number of β-amino-alcohol motifs (C(OH)–C–C–N with tert-alkyl or cyclic N) is 1. The van der Waals surface area contributed by atoms with Crippen LogP contribution in [0.15, 0.2) is 42.5 Å². The van der Waals surface area contributed by atoms with Crippen molar-refractivity contribution >= 4 is 18.0 Å². The molecule has 10 heteroatoms. The molecule has 1 amide bonds. The zero-order chi connectivity index (χ0) is 28.5. The van der Waals surface area contributed by atoms with Gasteiger partial charge in [0.05, 0.1) is 12.1 Å². The summed E-state index contributed by atoms with van der Waals surface area (Å²) in [5, 5.41) is 11.1. The van der Waals surface area contributed by atoms with Gasteiger partial charge in [0.25, 0.3) is 0 Å². The predicted octanol–water partition coefficient (Wildman–Crippen LogP) is 4.87. The monoisotopic (exact) mass is 533 g/mol. The van der Waals surface area contributed by atoms with Crippen LogP contribution in [0.25, 0.3) is 11.1 Å². The van der Waals surface area contributed by atoms with Crippen molar-refractivity contribution in [2.24, 2.45) is 0 Å². The van der Waals surface area contributed by atoms with Crippen LogP contribution >= 0.6 is 0 Å². The second-order valence-corrected chi connectivity index (χ2v) is 11.4. The second-order valence-electron chi connectivity index (χ2n) is 11.4. The zero-order valence-electron chi connectivity index (χ0n) is 22.3. The van der Waals surface area contributed by atoms with Gasteiger partial charge < -0.3 is 19.3 Å². The van der Waals surface area contributed by atoms with Crippen molar-refractivity contribution in [1.82, 2.24) is 4.90 Å². The first-order valence-electron chi connectivity index (χ1n) is 12.1. The summed E-state index contributed by atoms with van der Waals surface area (Å²) in [4.78, 5) is 39.3. The molecule has 3 rings (SSSR count). The Balaban J connectivity index is 1.74. The van der Waals surface area contributed by atoms with Crippen LogP contribution in [0, 0.1) is 11.6 Å². The average molecular weight is 534 g/mol. The molecule has 1 fully saturated rings. The Morgan fingerprint density at radius 3 is 2.18 bits per heavy atom. The highest BCUT2D eigenvalue weighted by Gasteiger charge is 2.51. The smallest absolute Gasteiger partial charge is 0.411 e. The van der Waals surface area contributed by atoms with Crippen molar-refractivity contribution < 1.29 is 42.5 Å². The molecule has 2 aromatic rings. The number of ether oxygens (including phenoxy) is 3. The summed E-state index contributed by atoms with van der Waals surface area (Å²) in [5.41, 5.74) is -3.12. The standard InChI is InChI=1S/C28H33F2NO7/c1-26(2,3)37-24(33)22-14-28(35,15-31(22)25(34)38-27(4,5)6)16-36-23(32)20-11-10-18(13-21(20)30)17-8-7-9-19(29)12-17/h7-13,22,35H,14-16H2,1-6H3/t22-,28-/m0/s1. The van der Waals surface area contributed by atoms with Gasteiger partial charge in [-0.05, 0) is 76.9 Å². The van der Waals surface area contributed by atoms with Crippen LogP contribution in [-0.4, -0.2) is 64.0 Å². The normalized spacial score (nSPS) is 19.7. The number of carbonyl (C=O) groups excluding carboxylic acids is 3. The molecule has 1 saturated heterocycles. The van der Waals surface area contributed by atoms with Crippen LogP contribution in [0.1, 0.15) is 58.3 Å². The summed E-state index contributed by atoms with van der Waals surface area (Å²) in [6.45, 7) is 8.98. The minimum atomic E-state index is -1.81. The van der Waals surface area contributed by atoms with Gasteiger partial charge in [0, 0.05) is 6.42 Å². The number of rotatable bonds is 5. The fourth-order valence-corrected chi connectivity index (χ4v) is 3.97. The molecule has 1 N–H and O–H groups in total. The molecular formula is C28H33F2NO7. The number of carbonyl (C=O) groups is 3. The number of aliphatic hydroxyl groups is 1. The lowest BCUT2D eigenvalue weighted by Gasteiger charge is -2.29. The maximum atomic E-state index is 14.7. The maximum Gasteiger partial charge on any atom is 0.411 e. The third-order valence-electron chi connectivity index (χ3n) is 5.54. The Bertz CT molecular complexity index is 1180. The van der Waals surface area contributed by atoms with E-state index in [9.17, 15) is 28.3 Å². The highest BCUT2D eigenvalue weighted by molar-refractivity contribution is 5.90. The summed E-state index contributed by atoms with van der Waals surface area (Å²) >= 11 is 0. The summed E-state index contributed by atoms with van der Waals surface area (Å²) in [5.74, 6) is -3.17. The van der Waals surface area contributed by atoms with Gasteiger partial charge >= 0.3 is 18.0 Å². The van der Waals surface area contributed by atoms with Crippen molar-refractivity contribution in [1.29, 1.82) is 0 Å². The lowest BCUT2D eigenvalue weighted by atomic mass is 10.0. The van der Waals surface area contributed by atoms with E-state index in [0.29, 0.717) is 11.1 Å². The molecule has 0 aliphatic carbocycles. The molecular weight excluding hydrogens is 500 g/mol.